The first-order valence-corrected chi connectivity index (χ1v) is 4.74. The van der Waals surface area contributed by atoms with Crippen LogP contribution in [0.3, 0.4) is 0 Å². The van der Waals surface area contributed by atoms with Crippen LogP contribution in [-0.2, 0) is 0 Å². The van der Waals surface area contributed by atoms with Crippen molar-refractivity contribution in [2.45, 2.75) is 0 Å². The summed E-state index contributed by atoms with van der Waals surface area (Å²) in [4.78, 5) is 0. The van der Waals surface area contributed by atoms with Gasteiger partial charge in [0.25, 0.3) is 0 Å². The van der Waals surface area contributed by atoms with Crippen LogP contribution >= 0.6 is 0 Å². The van der Waals surface area contributed by atoms with E-state index in [0.29, 0.717) is 5.39 Å². The first-order valence-electron chi connectivity index (χ1n) is 4.74. The normalized spacial score (nSPS) is 11.0. The van der Waals surface area contributed by atoms with Gasteiger partial charge in [-0.1, -0.05) is 24.3 Å². The second kappa shape index (κ2) is 3.06. The quantitative estimate of drug-likeness (QED) is 0.478. The van der Waals surface area contributed by atoms with Gasteiger partial charge in [0, 0.05) is 5.39 Å². The maximum absolute atomic E-state index is 13.7. The molecule has 3 rings (SSSR count). The summed E-state index contributed by atoms with van der Waals surface area (Å²) in [5.74, 6) is -0.200. The van der Waals surface area contributed by atoms with E-state index in [1.165, 1.54) is 0 Å². The van der Waals surface area contributed by atoms with E-state index in [9.17, 15) is 4.39 Å². The highest BCUT2D eigenvalue weighted by Crippen LogP contribution is 2.27. The van der Waals surface area contributed by atoms with Gasteiger partial charge >= 0.3 is 0 Å². The molecule has 0 amide bonds. The van der Waals surface area contributed by atoms with Crippen LogP contribution in [0.2, 0.25) is 0 Å². The van der Waals surface area contributed by atoms with Gasteiger partial charge in [0.15, 0.2) is 0 Å². The molecule has 0 nitrogen and oxygen atoms in total. The fourth-order valence-electron chi connectivity index (χ4n) is 1.89. The molecule has 0 fully saturated rings. The lowest BCUT2D eigenvalue weighted by Crippen LogP contribution is -1.82. The van der Waals surface area contributed by atoms with E-state index < -0.39 is 0 Å². The molecule has 0 spiro atoms. The monoisotopic (exact) mass is 194 g/mol. The van der Waals surface area contributed by atoms with Crippen LogP contribution in [0, 0.1) is 17.9 Å². The van der Waals surface area contributed by atoms with E-state index >= 15 is 0 Å². The summed E-state index contributed by atoms with van der Waals surface area (Å²) in [6, 6.07) is 18.4. The first-order chi connectivity index (χ1) is 7.36. The van der Waals surface area contributed by atoms with E-state index in [4.69, 9.17) is 0 Å². The molecule has 3 aromatic rings. The molecule has 0 aromatic heterocycles. The van der Waals surface area contributed by atoms with Crippen molar-refractivity contribution in [2.24, 2.45) is 0 Å². The van der Waals surface area contributed by atoms with Crippen molar-refractivity contribution in [1.82, 2.24) is 0 Å². The molecule has 15 heavy (non-hydrogen) atoms. The van der Waals surface area contributed by atoms with Crippen LogP contribution in [0.15, 0.2) is 42.5 Å². The highest BCUT2D eigenvalue weighted by Gasteiger charge is 2.04. The zero-order valence-corrected chi connectivity index (χ0v) is 7.92. The first kappa shape index (κ1) is 8.42. The number of hydrogen-bond acceptors (Lipinski definition) is 0. The third kappa shape index (κ3) is 1.20. The van der Waals surface area contributed by atoms with Crippen LogP contribution in [-0.4, -0.2) is 0 Å². The fourth-order valence-corrected chi connectivity index (χ4v) is 1.89. The Labute approximate surface area is 87.0 Å². The molecule has 0 N–H and O–H groups in total. The van der Waals surface area contributed by atoms with Crippen LogP contribution < -0.4 is 0 Å². The van der Waals surface area contributed by atoms with Crippen molar-refractivity contribution in [3.05, 3.63) is 60.4 Å². The Kier molecular flexibility index (Phi) is 1.72. The lowest BCUT2D eigenvalue weighted by atomic mass is 10.0. The third-order valence-electron chi connectivity index (χ3n) is 2.59. The summed E-state index contributed by atoms with van der Waals surface area (Å²) in [5.41, 5.74) is 0. The van der Waals surface area contributed by atoms with Crippen LogP contribution in [0.1, 0.15) is 0 Å². The molecular formula is C14H7F. The predicted octanol–water partition coefficient (Wildman–Crippen LogP) is 3.73. The van der Waals surface area contributed by atoms with Crippen molar-refractivity contribution in [1.29, 1.82) is 0 Å². The van der Waals surface area contributed by atoms with E-state index in [1.54, 1.807) is 24.3 Å². The molecule has 0 aliphatic rings. The molecule has 3 aromatic carbocycles. The average molecular weight is 194 g/mol. The van der Waals surface area contributed by atoms with Crippen molar-refractivity contribution in [3.63, 3.8) is 0 Å². The largest absolute Gasteiger partial charge is 0.206 e. The standard InChI is InChI=1S/C14H7F/c15-14-9-10-5-1-2-6-11(10)12-7-3-4-8-13(12)14/h2-3,5-9H. The van der Waals surface area contributed by atoms with Crippen molar-refractivity contribution < 1.29 is 4.39 Å². The summed E-state index contributed by atoms with van der Waals surface area (Å²) in [5, 5.41) is 3.49. The van der Waals surface area contributed by atoms with Gasteiger partial charge in [0.1, 0.15) is 5.82 Å². The van der Waals surface area contributed by atoms with Crippen molar-refractivity contribution >= 4 is 21.5 Å². The number of halogens is 1. The predicted molar refractivity (Wildman–Crippen MR) is 59.1 cm³/mol. The Morgan fingerprint density at radius 3 is 2.47 bits per heavy atom. The van der Waals surface area contributed by atoms with Gasteiger partial charge in [-0.15, -0.1) is 0 Å². The SMILES string of the molecule is Fc1cc2c[c]ccc2c2cc[c]cc12. The highest BCUT2D eigenvalue weighted by atomic mass is 19.1. The van der Waals surface area contributed by atoms with E-state index in [2.05, 4.69) is 12.1 Å². The highest BCUT2D eigenvalue weighted by molar-refractivity contribution is 6.07. The summed E-state index contributed by atoms with van der Waals surface area (Å²) < 4.78 is 13.7. The summed E-state index contributed by atoms with van der Waals surface area (Å²) >= 11 is 0. The molecule has 0 atom stereocenters. The van der Waals surface area contributed by atoms with Crippen molar-refractivity contribution in [2.75, 3.05) is 0 Å². The van der Waals surface area contributed by atoms with Gasteiger partial charge in [-0.2, -0.15) is 0 Å². The molecule has 0 aliphatic carbocycles. The Bertz CT molecular complexity index is 641. The molecule has 0 unspecified atom stereocenters. The second-order valence-corrected chi connectivity index (χ2v) is 3.48. The second-order valence-electron chi connectivity index (χ2n) is 3.48. The Morgan fingerprint density at radius 2 is 1.60 bits per heavy atom. The van der Waals surface area contributed by atoms with E-state index in [-0.39, 0.29) is 5.82 Å². The average Bonchev–Trinajstić information content (AvgIpc) is 2.30. The maximum Gasteiger partial charge on any atom is 0.131 e. The number of hydrogen-bond donors (Lipinski definition) is 0. The molecule has 0 aliphatic heterocycles. The fraction of sp³-hybridized carbons (Fsp3) is 0. The Morgan fingerprint density at radius 1 is 0.867 bits per heavy atom. The number of benzene rings is 3. The van der Waals surface area contributed by atoms with Crippen LogP contribution in [0.5, 0.6) is 0 Å². The Balaban J connectivity index is 2.64. The van der Waals surface area contributed by atoms with Gasteiger partial charge in [-0.05, 0) is 46.5 Å². The maximum atomic E-state index is 13.7. The lowest BCUT2D eigenvalue weighted by molar-refractivity contribution is 0.641. The molecule has 0 bridgehead atoms. The third-order valence-corrected chi connectivity index (χ3v) is 2.59. The van der Waals surface area contributed by atoms with Gasteiger partial charge in [-0.3, -0.25) is 0 Å². The zero-order valence-electron chi connectivity index (χ0n) is 7.92. The zero-order chi connectivity index (χ0) is 10.3. The molecule has 0 heterocycles. The molecule has 0 saturated carbocycles. The lowest BCUT2D eigenvalue weighted by Gasteiger charge is -2.04. The van der Waals surface area contributed by atoms with Gasteiger partial charge in [0.05, 0.1) is 0 Å². The van der Waals surface area contributed by atoms with E-state index in [1.807, 2.05) is 18.2 Å². The molecule has 0 saturated heterocycles. The number of fused-ring (bicyclic) bond motifs is 3. The Hall–Kier alpha value is -1.89. The van der Waals surface area contributed by atoms with Gasteiger partial charge < -0.3 is 0 Å². The van der Waals surface area contributed by atoms with Crippen LogP contribution in [0.25, 0.3) is 21.5 Å². The van der Waals surface area contributed by atoms with Crippen molar-refractivity contribution in [3.8, 4) is 0 Å². The molecule has 2 radical (unpaired) electrons. The molecule has 70 valence electrons. The summed E-state index contributed by atoms with van der Waals surface area (Å²) in [6.45, 7) is 0. The number of rotatable bonds is 0. The van der Waals surface area contributed by atoms with Gasteiger partial charge in [-0.25, -0.2) is 4.39 Å². The van der Waals surface area contributed by atoms with Gasteiger partial charge in [0.2, 0.25) is 0 Å². The minimum Gasteiger partial charge on any atom is -0.206 e. The minimum atomic E-state index is -0.200. The smallest absolute Gasteiger partial charge is 0.131 e. The summed E-state index contributed by atoms with van der Waals surface area (Å²) in [6.07, 6.45) is 0. The van der Waals surface area contributed by atoms with E-state index in [0.717, 1.165) is 16.2 Å². The molecular weight excluding hydrogens is 187 g/mol. The summed E-state index contributed by atoms with van der Waals surface area (Å²) in [7, 11) is 0. The van der Waals surface area contributed by atoms with Crippen LogP contribution in [0.4, 0.5) is 4.39 Å². The minimum absolute atomic E-state index is 0.200. The molecule has 1 heteroatoms. The topological polar surface area (TPSA) is 0 Å².